The van der Waals surface area contributed by atoms with E-state index in [1.807, 2.05) is 20.8 Å². The number of nitrogens with one attached hydrogen (secondary N) is 1. The number of morpholine rings is 1. The minimum absolute atomic E-state index is 0.0826. The molecule has 108 valence electrons. The summed E-state index contributed by atoms with van der Waals surface area (Å²) < 4.78 is 5.13. The highest BCUT2D eigenvalue weighted by atomic mass is 16.5. The van der Waals surface area contributed by atoms with Crippen molar-refractivity contribution in [2.45, 2.75) is 50.7 Å². The van der Waals surface area contributed by atoms with Gasteiger partial charge in [0, 0.05) is 12.1 Å². The number of hydrogen-bond donors (Lipinski definition) is 2. The maximum atomic E-state index is 12.5. The van der Waals surface area contributed by atoms with Gasteiger partial charge >= 0.3 is 5.97 Å². The van der Waals surface area contributed by atoms with Gasteiger partial charge in [0.2, 0.25) is 5.91 Å². The van der Waals surface area contributed by atoms with E-state index in [2.05, 4.69) is 5.32 Å². The molecule has 2 saturated heterocycles. The van der Waals surface area contributed by atoms with Crippen LogP contribution in [0.2, 0.25) is 0 Å². The van der Waals surface area contributed by atoms with E-state index in [1.54, 1.807) is 4.90 Å². The van der Waals surface area contributed by atoms with E-state index in [9.17, 15) is 14.7 Å². The molecule has 19 heavy (non-hydrogen) atoms. The zero-order valence-electron chi connectivity index (χ0n) is 11.7. The van der Waals surface area contributed by atoms with Crippen molar-refractivity contribution in [2.24, 2.45) is 0 Å². The number of esters is 1. The Labute approximate surface area is 113 Å². The Morgan fingerprint density at radius 2 is 2.26 bits per heavy atom. The van der Waals surface area contributed by atoms with Gasteiger partial charge in [-0.1, -0.05) is 0 Å². The molecule has 2 fully saturated rings. The van der Waals surface area contributed by atoms with E-state index in [-0.39, 0.29) is 25.1 Å². The molecule has 0 spiro atoms. The molecule has 0 aromatic heterocycles. The highest BCUT2D eigenvalue weighted by Gasteiger charge is 2.55. The first-order valence-corrected chi connectivity index (χ1v) is 6.67. The highest BCUT2D eigenvalue weighted by molar-refractivity contribution is 5.90. The van der Waals surface area contributed by atoms with Crippen LogP contribution in [0, 0.1) is 0 Å². The van der Waals surface area contributed by atoms with Crippen molar-refractivity contribution in [3.05, 3.63) is 0 Å². The first-order chi connectivity index (χ1) is 8.80. The van der Waals surface area contributed by atoms with Crippen LogP contribution in [-0.4, -0.2) is 58.8 Å². The number of carbonyl (C=O) groups excluding carboxylic acids is 2. The fourth-order valence-electron chi connectivity index (χ4n) is 2.75. The van der Waals surface area contributed by atoms with Crippen molar-refractivity contribution in [1.82, 2.24) is 10.2 Å². The van der Waals surface area contributed by atoms with Crippen LogP contribution in [0.15, 0.2) is 0 Å². The Morgan fingerprint density at radius 3 is 2.84 bits per heavy atom. The van der Waals surface area contributed by atoms with Gasteiger partial charge < -0.3 is 15.2 Å². The van der Waals surface area contributed by atoms with E-state index in [4.69, 9.17) is 4.74 Å². The van der Waals surface area contributed by atoms with Crippen molar-refractivity contribution in [2.75, 3.05) is 19.8 Å². The lowest BCUT2D eigenvalue weighted by Gasteiger charge is -2.45. The van der Waals surface area contributed by atoms with Crippen molar-refractivity contribution < 1.29 is 19.4 Å². The quantitative estimate of drug-likeness (QED) is 0.671. The predicted octanol–water partition coefficient (Wildman–Crippen LogP) is -0.347. The number of fused-ring (bicyclic) bond motifs is 1. The molecule has 1 amide bonds. The van der Waals surface area contributed by atoms with Crippen LogP contribution >= 0.6 is 0 Å². The van der Waals surface area contributed by atoms with Crippen LogP contribution in [0.4, 0.5) is 0 Å². The van der Waals surface area contributed by atoms with E-state index in [0.29, 0.717) is 13.0 Å². The molecule has 6 heteroatoms. The zero-order valence-corrected chi connectivity index (χ0v) is 11.7. The summed E-state index contributed by atoms with van der Waals surface area (Å²) in [5, 5.41) is 12.6. The van der Waals surface area contributed by atoms with Crippen molar-refractivity contribution in [3.63, 3.8) is 0 Å². The molecule has 0 aliphatic carbocycles. The maximum Gasteiger partial charge on any atom is 0.323 e. The summed E-state index contributed by atoms with van der Waals surface area (Å²) in [5.41, 5.74) is -1.53. The SMILES string of the molecule is CC(C)(C)NC(=O)[C@]1(CO)COC(=O)[C@@H]2CCCN21. The molecule has 2 aliphatic rings. The molecule has 0 aromatic carbocycles. The summed E-state index contributed by atoms with van der Waals surface area (Å²) >= 11 is 0. The second-order valence-electron chi connectivity index (χ2n) is 6.35. The van der Waals surface area contributed by atoms with Gasteiger partial charge in [0.25, 0.3) is 0 Å². The Kier molecular flexibility index (Phi) is 3.57. The Hall–Kier alpha value is -1.14. The number of aliphatic hydroxyl groups excluding tert-OH is 1. The van der Waals surface area contributed by atoms with Crippen molar-refractivity contribution in [3.8, 4) is 0 Å². The van der Waals surface area contributed by atoms with Gasteiger partial charge in [-0.3, -0.25) is 14.5 Å². The van der Waals surface area contributed by atoms with E-state index in [0.717, 1.165) is 6.42 Å². The molecule has 0 unspecified atom stereocenters. The molecule has 2 aliphatic heterocycles. The van der Waals surface area contributed by atoms with Crippen LogP contribution in [0.1, 0.15) is 33.6 Å². The third kappa shape index (κ3) is 2.47. The Balaban J connectivity index is 2.26. The molecule has 0 radical (unpaired) electrons. The van der Waals surface area contributed by atoms with Crippen LogP contribution in [0.5, 0.6) is 0 Å². The minimum Gasteiger partial charge on any atom is -0.462 e. The molecule has 2 rings (SSSR count). The third-order valence-electron chi connectivity index (χ3n) is 3.70. The monoisotopic (exact) mass is 270 g/mol. The summed E-state index contributed by atoms with van der Waals surface area (Å²) in [6, 6.07) is -0.397. The smallest absolute Gasteiger partial charge is 0.323 e. The largest absolute Gasteiger partial charge is 0.462 e. The number of cyclic esters (lactones) is 1. The summed E-state index contributed by atoms with van der Waals surface area (Å²) in [4.78, 5) is 26.0. The minimum atomic E-state index is -1.14. The number of aliphatic hydroxyl groups is 1. The number of rotatable bonds is 2. The molecule has 0 saturated carbocycles. The molecule has 0 bridgehead atoms. The second kappa shape index (κ2) is 4.76. The molecular formula is C13H22N2O4. The van der Waals surface area contributed by atoms with Gasteiger partial charge in [0.1, 0.15) is 12.6 Å². The lowest BCUT2D eigenvalue weighted by atomic mass is 9.93. The molecule has 2 heterocycles. The van der Waals surface area contributed by atoms with Gasteiger partial charge in [-0.15, -0.1) is 0 Å². The number of nitrogens with zero attached hydrogens (tertiary/aromatic N) is 1. The fraction of sp³-hybridized carbons (Fsp3) is 0.846. The molecule has 2 N–H and O–H groups in total. The van der Waals surface area contributed by atoms with E-state index < -0.39 is 17.1 Å². The van der Waals surface area contributed by atoms with Crippen LogP contribution < -0.4 is 5.32 Å². The summed E-state index contributed by atoms with van der Waals surface area (Å²) in [7, 11) is 0. The van der Waals surface area contributed by atoms with Crippen molar-refractivity contribution >= 4 is 11.9 Å². The Bertz CT molecular complexity index is 391. The van der Waals surface area contributed by atoms with Gasteiger partial charge in [0.15, 0.2) is 5.54 Å². The topological polar surface area (TPSA) is 78.9 Å². The molecular weight excluding hydrogens is 248 g/mol. The first kappa shape index (κ1) is 14.3. The zero-order chi connectivity index (χ0) is 14.3. The average Bonchev–Trinajstić information content (AvgIpc) is 2.78. The predicted molar refractivity (Wildman–Crippen MR) is 68.4 cm³/mol. The maximum absolute atomic E-state index is 12.5. The summed E-state index contributed by atoms with van der Waals surface area (Å²) in [6.45, 7) is 5.85. The highest BCUT2D eigenvalue weighted by Crippen LogP contribution is 2.32. The van der Waals surface area contributed by atoms with Gasteiger partial charge in [-0.2, -0.15) is 0 Å². The van der Waals surface area contributed by atoms with Gasteiger partial charge in [-0.05, 0) is 33.6 Å². The van der Waals surface area contributed by atoms with Crippen molar-refractivity contribution in [1.29, 1.82) is 0 Å². The third-order valence-corrected chi connectivity index (χ3v) is 3.70. The van der Waals surface area contributed by atoms with Gasteiger partial charge in [0.05, 0.1) is 6.61 Å². The number of ether oxygens (including phenoxy) is 1. The fourth-order valence-corrected chi connectivity index (χ4v) is 2.75. The summed E-state index contributed by atoms with van der Waals surface area (Å²) in [6.07, 6.45) is 1.52. The molecule has 0 aromatic rings. The number of hydrogen-bond acceptors (Lipinski definition) is 5. The standard InChI is InChI=1S/C13H22N2O4/c1-12(2,3)14-11(18)13(7-16)8-19-10(17)9-5-4-6-15(9)13/h9,16H,4-8H2,1-3H3,(H,14,18)/t9-,13-/m0/s1. The molecule has 6 nitrogen and oxygen atoms in total. The normalized spacial score (nSPS) is 31.8. The van der Waals surface area contributed by atoms with Gasteiger partial charge in [-0.25, -0.2) is 0 Å². The number of carbonyl (C=O) groups is 2. The first-order valence-electron chi connectivity index (χ1n) is 6.67. The summed E-state index contributed by atoms with van der Waals surface area (Å²) in [5.74, 6) is -0.563. The van der Waals surface area contributed by atoms with E-state index in [1.165, 1.54) is 0 Å². The second-order valence-corrected chi connectivity index (χ2v) is 6.35. The van der Waals surface area contributed by atoms with Crippen LogP contribution in [0.25, 0.3) is 0 Å². The lowest BCUT2D eigenvalue weighted by molar-refractivity contribution is -0.177. The van der Waals surface area contributed by atoms with E-state index >= 15 is 0 Å². The van der Waals surface area contributed by atoms with Crippen LogP contribution in [-0.2, 0) is 14.3 Å². The lowest BCUT2D eigenvalue weighted by Crippen LogP contribution is -2.70. The number of amides is 1. The van der Waals surface area contributed by atoms with Crippen LogP contribution in [0.3, 0.4) is 0 Å². The molecule has 2 atom stereocenters. The average molecular weight is 270 g/mol. The Morgan fingerprint density at radius 1 is 1.58 bits per heavy atom.